The summed E-state index contributed by atoms with van der Waals surface area (Å²) in [4.78, 5) is 16.0. The molecule has 0 amide bonds. The molecule has 0 saturated carbocycles. The largest absolute Gasteiger partial charge is 0.383 e. The van der Waals surface area contributed by atoms with Crippen LogP contribution in [0.25, 0.3) is 0 Å². The van der Waals surface area contributed by atoms with Crippen molar-refractivity contribution in [3.63, 3.8) is 0 Å². The van der Waals surface area contributed by atoms with Crippen molar-refractivity contribution in [3.8, 4) is 0 Å². The van der Waals surface area contributed by atoms with E-state index in [1.54, 1.807) is 32.2 Å². The van der Waals surface area contributed by atoms with Crippen LogP contribution in [0.1, 0.15) is 45.8 Å². The van der Waals surface area contributed by atoms with Gasteiger partial charge in [0.15, 0.2) is 0 Å². The number of rotatable bonds is 11. The molecule has 1 aromatic heterocycles. The number of hydrogen-bond donors (Lipinski definition) is 1. The Kier molecular flexibility index (Phi) is 9.34. The lowest BCUT2D eigenvalue weighted by atomic mass is 10.1. The van der Waals surface area contributed by atoms with Gasteiger partial charge >= 0.3 is 13.3 Å². The fraction of sp³-hybridized carbons (Fsp3) is 0.667. The number of hydrogen-bond acceptors (Lipinski definition) is 8. The van der Waals surface area contributed by atoms with Crippen LogP contribution >= 0.6 is 7.60 Å². The van der Waals surface area contributed by atoms with Crippen molar-refractivity contribution in [1.82, 2.24) is 9.55 Å². The fourth-order valence-electron chi connectivity index (χ4n) is 2.88. The molecule has 9 nitrogen and oxygen atoms in total. The van der Waals surface area contributed by atoms with Crippen LogP contribution in [-0.2, 0) is 23.1 Å². The third-order valence-corrected chi connectivity index (χ3v) is 5.93. The second-order valence-electron chi connectivity index (χ2n) is 6.31. The van der Waals surface area contributed by atoms with Crippen molar-refractivity contribution in [2.24, 2.45) is 0 Å². The van der Waals surface area contributed by atoms with Gasteiger partial charge < -0.3 is 24.3 Å². The number of nitrogen functional groups attached to an aromatic ring is 1. The maximum absolute atomic E-state index is 12.5. The maximum atomic E-state index is 12.5. The lowest BCUT2D eigenvalue weighted by molar-refractivity contribution is -0.113. The lowest BCUT2D eigenvalue weighted by Crippen LogP contribution is -2.34. The predicted octanol–water partition coefficient (Wildman–Crippen LogP) is 3.08. The molecule has 0 spiro atoms. The number of nitrogens with zero attached hydrogens (tertiary/aromatic N) is 2. The third-order valence-electron chi connectivity index (χ3n) is 4.12. The molecule has 2 unspecified atom stereocenters. The number of anilines is 1. The first-order valence-corrected chi connectivity index (χ1v) is 11.2. The molecule has 2 N–H and O–H groups in total. The highest BCUT2D eigenvalue weighted by Gasteiger charge is 2.22. The number of allylic oxidation sites excluding steroid dienone is 1. The van der Waals surface area contributed by atoms with E-state index >= 15 is 0 Å². The summed E-state index contributed by atoms with van der Waals surface area (Å²) < 4.78 is 35.9. The second-order valence-corrected chi connectivity index (χ2v) is 8.20. The molecule has 0 aliphatic carbocycles. The summed E-state index contributed by atoms with van der Waals surface area (Å²) in [6.07, 6.45) is 5.46. The van der Waals surface area contributed by atoms with Crippen LogP contribution in [-0.4, -0.2) is 42.1 Å². The van der Waals surface area contributed by atoms with Crippen molar-refractivity contribution in [2.45, 2.75) is 51.9 Å². The Balaban J connectivity index is 2.07. The summed E-state index contributed by atoms with van der Waals surface area (Å²) in [5.74, 6) is 1.63. The van der Waals surface area contributed by atoms with Crippen LogP contribution in [0.4, 0.5) is 5.82 Å². The molecule has 0 radical (unpaired) electrons. The van der Waals surface area contributed by atoms with Gasteiger partial charge in [0.25, 0.3) is 0 Å². The zero-order valence-corrected chi connectivity index (χ0v) is 17.4. The quantitative estimate of drug-likeness (QED) is 0.548. The summed E-state index contributed by atoms with van der Waals surface area (Å²) in [5.41, 5.74) is 5.11. The Hall–Kier alpha value is -1.51. The van der Waals surface area contributed by atoms with E-state index in [-0.39, 0.29) is 11.9 Å². The van der Waals surface area contributed by atoms with Gasteiger partial charge in [0.2, 0.25) is 0 Å². The molecule has 1 aliphatic rings. The maximum Gasteiger partial charge on any atom is 0.353 e. The summed E-state index contributed by atoms with van der Waals surface area (Å²) in [6.45, 7) is 5.32. The third kappa shape index (κ3) is 7.14. The average molecular weight is 415 g/mol. The van der Waals surface area contributed by atoms with Crippen LogP contribution in [0.15, 0.2) is 29.0 Å². The molecule has 2 rings (SSSR count). The highest BCUT2D eigenvalue weighted by atomic mass is 31.2. The zero-order valence-electron chi connectivity index (χ0n) is 16.5. The van der Waals surface area contributed by atoms with E-state index in [0.717, 1.165) is 19.4 Å². The summed E-state index contributed by atoms with van der Waals surface area (Å²) in [7, 11) is -3.24. The van der Waals surface area contributed by atoms with Gasteiger partial charge in [-0.15, -0.1) is 0 Å². The summed E-state index contributed by atoms with van der Waals surface area (Å²) in [6, 6.07) is 1.56. The topological polar surface area (TPSA) is 115 Å². The van der Waals surface area contributed by atoms with Gasteiger partial charge in [-0.1, -0.05) is 6.08 Å². The minimum absolute atomic E-state index is 0.0925. The van der Waals surface area contributed by atoms with Gasteiger partial charge in [-0.05, 0) is 45.6 Å². The average Bonchev–Trinajstić information content (AvgIpc) is 2.66. The van der Waals surface area contributed by atoms with Crippen molar-refractivity contribution >= 4 is 13.4 Å². The second kappa shape index (κ2) is 11.5. The minimum Gasteiger partial charge on any atom is -0.383 e. The fourth-order valence-corrected chi connectivity index (χ4v) is 4.26. The van der Waals surface area contributed by atoms with Gasteiger partial charge in [-0.25, -0.2) is 4.79 Å². The Morgan fingerprint density at radius 3 is 2.79 bits per heavy atom. The van der Waals surface area contributed by atoms with Crippen molar-refractivity contribution in [2.75, 3.05) is 32.2 Å². The Labute approximate surface area is 165 Å². The molecule has 2 heterocycles. The molecule has 158 valence electrons. The Morgan fingerprint density at radius 2 is 2.18 bits per heavy atom. The van der Waals surface area contributed by atoms with Gasteiger partial charge in [0.1, 0.15) is 12.0 Å². The first-order chi connectivity index (χ1) is 13.5. The first-order valence-electron chi connectivity index (χ1n) is 9.61. The molecule has 0 aromatic carbocycles. The smallest absolute Gasteiger partial charge is 0.353 e. The van der Waals surface area contributed by atoms with Gasteiger partial charge in [0.05, 0.1) is 25.9 Å². The lowest BCUT2D eigenvalue weighted by Gasteiger charge is -2.28. The molecule has 10 heteroatoms. The van der Waals surface area contributed by atoms with Gasteiger partial charge in [0, 0.05) is 18.6 Å². The number of nitrogens with two attached hydrogens (primary N) is 1. The number of ether oxygens (including phenoxy) is 2. The van der Waals surface area contributed by atoms with E-state index in [9.17, 15) is 9.36 Å². The summed E-state index contributed by atoms with van der Waals surface area (Å²) in [5, 5.41) is 0. The predicted molar refractivity (Wildman–Crippen MR) is 106 cm³/mol. The Morgan fingerprint density at radius 1 is 1.43 bits per heavy atom. The van der Waals surface area contributed by atoms with Crippen LogP contribution in [0, 0.1) is 0 Å². The molecule has 1 saturated heterocycles. The molecular formula is C18H30N3O6P. The molecule has 1 fully saturated rings. The van der Waals surface area contributed by atoms with E-state index in [4.69, 9.17) is 24.3 Å². The van der Waals surface area contributed by atoms with Gasteiger partial charge in [-0.3, -0.25) is 9.13 Å². The van der Waals surface area contributed by atoms with Crippen LogP contribution < -0.4 is 11.4 Å². The van der Waals surface area contributed by atoms with E-state index in [0.29, 0.717) is 32.7 Å². The Bertz CT molecular complexity index is 722. The normalized spacial score (nSPS) is 19.1. The van der Waals surface area contributed by atoms with Crippen LogP contribution in [0.2, 0.25) is 0 Å². The van der Waals surface area contributed by atoms with E-state index in [2.05, 4.69) is 4.98 Å². The van der Waals surface area contributed by atoms with Crippen LogP contribution in [0.3, 0.4) is 0 Å². The van der Waals surface area contributed by atoms with Crippen LogP contribution in [0.5, 0.6) is 0 Å². The van der Waals surface area contributed by atoms with E-state index < -0.39 is 19.5 Å². The molecule has 1 aromatic rings. The molecular weight excluding hydrogens is 385 g/mol. The molecule has 2 atom stereocenters. The monoisotopic (exact) mass is 415 g/mol. The zero-order chi connectivity index (χ0) is 20.4. The minimum atomic E-state index is -3.24. The highest BCUT2D eigenvalue weighted by Crippen LogP contribution is 2.49. The molecule has 0 bridgehead atoms. The van der Waals surface area contributed by atoms with Crippen molar-refractivity contribution in [1.29, 1.82) is 0 Å². The van der Waals surface area contributed by atoms with Crippen molar-refractivity contribution < 1.29 is 23.1 Å². The first kappa shape index (κ1) is 22.8. The highest BCUT2D eigenvalue weighted by molar-refractivity contribution is 7.57. The number of aromatic nitrogens is 2. The molecule has 28 heavy (non-hydrogen) atoms. The van der Waals surface area contributed by atoms with E-state index in [1.165, 1.54) is 10.4 Å². The van der Waals surface area contributed by atoms with E-state index in [1.807, 2.05) is 0 Å². The van der Waals surface area contributed by atoms with Gasteiger partial charge in [-0.2, -0.15) is 4.98 Å². The molecule has 1 aliphatic heterocycles. The SMILES string of the molecule is CCOP(=O)(C=CCCC(OC1CCCOC1)n1ccc(N)nc1=O)OCC. The van der Waals surface area contributed by atoms with Crippen molar-refractivity contribution in [3.05, 3.63) is 34.6 Å². The summed E-state index contributed by atoms with van der Waals surface area (Å²) >= 11 is 0. The standard InChI is InChI=1S/C18H30N3O6P/c1-3-25-28(23,26-4-2)13-6-5-9-17(27-15-8-7-12-24-14-15)21-11-10-16(19)20-18(21)22/h6,10-11,13,15,17H,3-5,7-9,12,14H2,1-2H3,(H2,19,20,22).